The number of thioether (sulfide) groups is 1. The molecular formula is C16H22FNO2S. The molecule has 0 amide bonds. The molecule has 1 heterocycles. The van der Waals surface area contributed by atoms with Gasteiger partial charge in [0.05, 0.1) is 0 Å². The van der Waals surface area contributed by atoms with Crippen molar-refractivity contribution in [2.45, 2.75) is 30.6 Å². The first-order chi connectivity index (χ1) is 10.1. The Balaban J connectivity index is 1.60. The number of aliphatic carboxylic acids is 1. The number of benzene rings is 1. The fourth-order valence-corrected chi connectivity index (χ4v) is 3.56. The molecule has 2 rings (SSSR count). The van der Waals surface area contributed by atoms with Gasteiger partial charge in [0.15, 0.2) is 0 Å². The molecule has 1 aromatic carbocycles. The molecule has 0 aliphatic carbocycles. The van der Waals surface area contributed by atoms with Crippen LogP contribution in [0, 0.1) is 11.7 Å². The molecule has 21 heavy (non-hydrogen) atoms. The van der Waals surface area contributed by atoms with Gasteiger partial charge in [0.1, 0.15) is 5.82 Å². The number of nitrogens with zero attached hydrogens (tertiary/aromatic N) is 1. The van der Waals surface area contributed by atoms with Crippen LogP contribution < -0.4 is 0 Å². The molecule has 0 atom stereocenters. The van der Waals surface area contributed by atoms with Crippen molar-refractivity contribution in [1.29, 1.82) is 0 Å². The van der Waals surface area contributed by atoms with E-state index in [1.54, 1.807) is 11.8 Å². The van der Waals surface area contributed by atoms with Crippen molar-refractivity contribution in [3.63, 3.8) is 0 Å². The summed E-state index contributed by atoms with van der Waals surface area (Å²) in [4.78, 5) is 14.1. The molecule has 0 bridgehead atoms. The van der Waals surface area contributed by atoms with Gasteiger partial charge in [0.2, 0.25) is 0 Å². The number of carbonyl (C=O) groups is 1. The molecule has 1 N–H and O–H groups in total. The minimum absolute atomic E-state index is 0.192. The minimum atomic E-state index is -0.687. The van der Waals surface area contributed by atoms with Gasteiger partial charge in [-0.25, -0.2) is 4.39 Å². The number of carboxylic acids is 1. The maximum Gasteiger partial charge on any atom is 0.303 e. The average molecular weight is 311 g/mol. The van der Waals surface area contributed by atoms with Crippen molar-refractivity contribution >= 4 is 17.7 Å². The standard InChI is InChI=1S/C16H22FNO2S/c17-14-2-4-15(5-3-14)21-12-11-18-9-7-13(8-10-18)1-6-16(19)20/h2-5,13H,1,6-12H2,(H,19,20). The molecular weight excluding hydrogens is 289 g/mol. The number of carboxylic acid groups (broad SMARTS) is 1. The van der Waals surface area contributed by atoms with Gasteiger partial charge in [-0.15, -0.1) is 11.8 Å². The molecule has 3 nitrogen and oxygen atoms in total. The summed E-state index contributed by atoms with van der Waals surface area (Å²) in [6.45, 7) is 3.16. The van der Waals surface area contributed by atoms with Crippen LogP contribution in [0.5, 0.6) is 0 Å². The normalized spacial score (nSPS) is 17.0. The summed E-state index contributed by atoms with van der Waals surface area (Å²) in [5, 5.41) is 8.70. The van der Waals surface area contributed by atoms with Crippen molar-refractivity contribution < 1.29 is 14.3 Å². The van der Waals surface area contributed by atoms with E-state index in [0.29, 0.717) is 12.3 Å². The zero-order chi connectivity index (χ0) is 15.1. The summed E-state index contributed by atoms with van der Waals surface area (Å²) in [7, 11) is 0. The van der Waals surface area contributed by atoms with Crippen LogP contribution in [0.1, 0.15) is 25.7 Å². The second-order valence-corrected chi connectivity index (χ2v) is 6.69. The highest BCUT2D eigenvalue weighted by Crippen LogP contribution is 2.23. The van der Waals surface area contributed by atoms with Crippen LogP contribution in [0.2, 0.25) is 0 Å². The molecule has 1 saturated heterocycles. The van der Waals surface area contributed by atoms with Gasteiger partial charge in [-0.2, -0.15) is 0 Å². The fourth-order valence-electron chi connectivity index (χ4n) is 2.65. The van der Waals surface area contributed by atoms with E-state index in [9.17, 15) is 9.18 Å². The molecule has 1 aliphatic heterocycles. The number of hydrogen-bond donors (Lipinski definition) is 1. The number of halogens is 1. The van der Waals surface area contributed by atoms with E-state index in [1.807, 2.05) is 12.1 Å². The summed E-state index contributed by atoms with van der Waals surface area (Å²) < 4.78 is 12.8. The third-order valence-electron chi connectivity index (χ3n) is 3.96. The number of hydrogen-bond acceptors (Lipinski definition) is 3. The van der Waals surface area contributed by atoms with Crippen molar-refractivity contribution in [1.82, 2.24) is 4.90 Å². The molecule has 5 heteroatoms. The lowest BCUT2D eigenvalue weighted by Gasteiger charge is -2.31. The van der Waals surface area contributed by atoms with Crippen molar-refractivity contribution in [3.8, 4) is 0 Å². The third-order valence-corrected chi connectivity index (χ3v) is 4.96. The van der Waals surface area contributed by atoms with Crippen LogP contribution in [0.3, 0.4) is 0 Å². The lowest BCUT2D eigenvalue weighted by Crippen LogP contribution is -2.35. The summed E-state index contributed by atoms with van der Waals surface area (Å²) in [5.74, 6) is 0.698. The highest BCUT2D eigenvalue weighted by molar-refractivity contribution is 7.99. The maximum absolute atomic E-state index is 12.8. The second-order valence-electron chi connectivity index (χ2n) is 5.52. The van der Waals surface area contributed by atoms with Gasteiger partial charge in [0.25, 0.3) is 0 Å². The Morgan fingerprint density at radius 3 is 2.57 bits per heavy atom. The van der Waals surface area contributed by atoms with Gasteiger partial charge in [-0.3, -0.25) is 4.79 Å². The van der Waals surface area contributed by atoms with Gasteiger partial charge >= 0.3 is 5.97 Å². The van der Waals surface area contributed by atoms with Gasteiger partial charge in [-0.05, 0) is 62.5 Å². The quantitative estimate of drug-likeness (QED) is 0.783. The molecule has 0 radical (unpaired) electrons. The van der Waals surface area contributed by atoms with Crippen LogP contribution in [-0.4, -0.2) is 41.4 Å². The number of likely N-dealkylation sites (tertiary alicyclic amines) is 1. The maximum atomic E-state index is 12.8. The lowest BCUT2D eigenvalue weighted by atomic mass is 9.92. The smallest absolute Gasteiger partial charge is 0.303 e. The average Bonchev–Trinajstić information content (AvgIpc) is 2.48. The van der Waals surface area contributed by atoms with E-state index in [0.717, 1.165) is 49.5 Å². The summed E-state index contributed by atoms with van der Waals surface area (Å²) in [6, 6.07) is 6.63. The number of piperidine rings is 1. The number of rotatable bonds is 7. The third kappa shape index (κ3) is 6.06. The monoisotopic (exact) mass is 311 g/mol. The van der Waals surface area contributed by atoms with Crippen LogP contribution in [-0.2, 0) is 4.79 Å². The van der Waals surface area contributed by atoms with Crippen LogP contribution in [0.15, 0.2) is 29.2 Å². The Morgan fingerprint density at radius 1 is 1.29 bits per heavy atom. The highest BCUT2D eigenvalue weighted by atomic mass is 32.2. The Morgan fingerprint density at radius 2 is 1.95 bits per heavy atom. The first-order valence-corrected chi connectivity index (χ1v) is 8.44. The summed E-state index contributed by atoms with van der Waals surface area (Å²) in [5.41, 5.74) is 0. The predicted molar refractivity (Wildman–Crippen MR) is 83.2 cm³/mol. The van der Waals surface area contributed by atoms with Crippen molar-refractivity contribution in [3.05, 3.63) is 30.1 Å². The van der Waals surface area contributed by atoms with E-state index in [2.05, 4.69) is 4.90 Å². The van der Waals surface area contributed by atoms with Crippen LogP contribution in [0.4, 0.5) is 4.39 Å². The Hall–Kier alpha value is -1.07. The lowest BCUT2D eigenvalue weighted by molar-refractivity contribution is -0.137. The fraction of sp³-hybridized carbons (Fsp3) is 0.562. The molecule has 1 fully saturated rings. The summed E-state index contributed by atoms with van der Waals surface area (Å²) >= 11 is 1.75. The minimum Gasteiger partial charge on any atom is -0.481 e. The molecule has 0 unspecified atom stereocenters. The highest BCUT2D eigenvalue weighted by Gasteiger charge is 2.19. The van der Waals surface area contributed by atoms with Crippen LogP contribution in [0.25, 0.3) is 0 Å². The zero-order valence-corrected chi connectivity index (χ0v) is 12.9. The molecule has 0 saturated carbocycles. The predicted octanol–water partition coefficient (Wildman–Crippen LogP) is 3.49. The van der Waals surface area contributed by atoms with E-state index < -0.39 is 5.97 Å². The summed E-state index contributed by atoms with van der Waals surface area (Å²) in [6.07, 6.45) is 3.32. The first kappa shape index (κ1) is 16.3. The molecule has 1 aromatic rings. The van der Waals surface area contributed by atoms with E-state index in [1.165, 1.54) is 12.1 Å². The molecule has 0 spiro atoms. The first-order valence-electron chi connectivity index (χ1n) is 7.46. The van der Waals surface area contributed by atoms with Gasteiger partial charge in [-0.1, -0.05) is 0 Å². The SMILES string of the molecule is O=C(O)CCC1CCN(CCSc2ccc(F)cc2)CC1. The Kier molecular flexibility index (Phi) is 6.51. The van der Waals surface area contributed by atoms with Crippen LogP contribution >= 0.6 is 11.8 Å². The molecule has 1 aliphatic rings. The Labute approximate surface area is 129 Å². The van der Waals surface area contributed by atoms with Gasteiger partial charge < -0.3 is 10.0 Å². The topological polar surface area (TPSA) is 40.5 Å². The van der Waals surface area contributed by atoms with Gasteiger partial charge in [0, 0.05) is 23.6 Å². The van der Waals surface area contributed by atoms with E-state index in [4.69, 9.17) is 5.11 Å². The second kappa shape index (κ2) is 8.39. The zero-order valence-electron chi connectivity index (χ0n) is 12.1. The van der Waals surface area contributed by atoms with Crippen molar-refractivity contribution in [2.75, 3.05) is 25.4 Å². The van der Waals surface area contributed by atoms with E-state index in [-0.39, 0.29) is 5.82 Å². The molecule has 0 aromatic heterocycles. The largest absolute Gasteiger partial charge is 0.481 e. The van der Waals surface area contributed by atoms with E-state index >= 15 is 0 Å². The molecule has 116 valence electrons. The van der Waals surface area contributed by atoms with Crippen molar-refractivity contribution in [2.24, 2.45) is 5.92 Å². The Bertz CT molecular complexity index is 444.